The number of aryl methyl sites for hydroxylation is 2. The first-order chi connectivity index (χ1) is 6.78. The van der Waals surface area contributed by atoms with E-state index in [-0.39, 0.29) is 9.86 Å². The van der Waals surface area contributed by atoms with Crippen LogP contribution in [-0.4, -0.2) is 14.8 Å². The van der Waals surface area contributed by atoms with E-state index >= 15 is 0 Å². The number of carbonyl (C=O) groups is 1. The molecule has 0 atom stereocenters. The normalized spacial score (nSPS) is 11.5. The first kappa shape index (κ1) is 12.2. The zero-order chi connectivity index (χ0) is 11.6. The quantitative estimate of drug-likeness (QED) is 0.731. The van der Waals surface area contributed by atoms with Crippen molar-refractivity contribution in [2.24, 2.45) is 0 Å². The minimum Gasteiger partial charge on any atom is -0.280 e. The lowest BCUT2D eigenvalue weighted by atomic mass is 10.2. The Morgan fingerprint density at radius 2 is 1.87 bits per heavy atom. The molecule has 0 aliphatic carbocycles. The maximum absolute atomic E-state index is 11.9. The third kappa shape index (κ3) is 4.04. The Kier molecular flexibility index (Phi) is 3.55. The van der Waals surface area contributed by atoms with Crippen LogP contribution in [0.2, 0.25) is 0 Å². The summed E-state index contributed by atoms with van der Waals surface area (Å²) in [6.07, 6.45) is 0. The lowest BCUT2D eigenvalue weighted by Crippen LogP contribution is -2.13. The summed E-state index contributed by atoms with van der Waals surface area (Å²) < 4.78 is -0.0591. The van der Waals surface area contributed by atoms with E-state index < -0.39 is 0 Å². The van der Waals surface area contributed by atoms with Crippen molar-refractivity contribution in [3.05, 3.63) is 29.1 Å². The largest absolute Gasteiger partial charge is 0.280 e. The lowest BCUT2D eigenvalue weighted by molar-refractivity contribution is 0.108. The summed E-state index contributed by atoms with van der Waals surface area (Å²) in [4.78, 5) is 16.1. The molecule has 0 radical (unpaired) electrons. The maximum atomic E-state index is 11.9. The van der Waals surface area contributed by atoms with Gasteiger partial charge >= 0.3 is 0 Å². The van der Waals surface area contributed by atoms with Crippen LogP contribution in [0.5, 0.6) is 0 Å². The monoisotopic (exact) mass is 223 g/mol. The number of hydrogen-bond donors (Lipinski definition) is 0. The summed E-state index contributed by atoms with van der Waals surface area (Å²) in [6.45, 7) is 9.97. The van der Waals surface area contributed by atoms with Gasteiger partial charge in [-0.1, -0.05) is 32.5 Å². The van der Waals surface area contributed by atoms with Crippen molar-refractivity contribution in [3.8, 4) is 0 Å². The predicted molar refractivity (Wildman–Crippen MR) is 65.4 cm³/mol. The van der Waals surface area contributed by atoms with E-state index in [4.69, 9.17) is 0 Å². The molecule has 0 aliphatic rings. The Balaban J connectivity index is 2.92. The van der Waals surface area contributed by atoms with E-state index in [1.54, 1.807) is 0 Å². The third-order valence-corrected chi connectivity index (χ3v) is 2.71. The fourth-order valence-electron chi connectivity index (χ4n) is 1.28. The molecular formula is C12H17NOS. The van der Waals surface area contributed by atoms with Gasteiger partial charge in [-0.2, -0.15) is 0 Å². The number of rotatable bonds is 1. The van der Waals surface area contributed by atoms with Crippen LogP contribution in [0.3, 0.4) is 0 Å². The molecule has 0 amide bonds. The average Bonchev–Trinajstić information content (AvgIpc) is 1.98. The van der Waals surface area contributed by atoms with Crippen LogP contribution in [0.25, 0.3) is 0 Å². The second kappa shape index (κ2) is 4.35. The van der Waals surface area contributed by atoms with E-state index in [0.29, 0.717) is 5.69 Å². The highest BCUT2D eigenvalue weighted by molar-refractivity contribution is 8.15. The van der Waals surface area contributed by atoms with Gasteiger partial charge in [-0.15, -0.1) is 0 Å². The first-order valence-electron chi connectivity index (χ1n) is 4.96. The summed E-state index contributed by atoms with van der Waals surface area (Å²) >= 11 is 1.33. The molecule has 0 bridgehead atoms. The van der Waals surface area contributed by atoms with Gasteiger partial charge in [0, 0.05) is 10.4 Å². The Bertz CT molecular complexity index is 359. The van der Waals surface area contributed by atoms with Crippen LogP contribution in [0.15, 0.2) is 12.1 Å². The Hall–Kier alpha value is -0.830. The molecule has 15 heavy (non-hydrogen) atoms. The first-order valence-corrected chi connectivity index (χ1v) is 5.78. The van der Waals surface area contributed by atoms with E-state index in [1.165, 1.54) is 11.8 Å². The topological polar surface area (TPSA) is 30.0 Å². The summed E-state index contributed by atoms with van der Waals surface area (Å²) in [6, 6.07) is 3.81. The smallest absolute Gasteiger partial charge is 0.238 e. The second-order valence-electron chi connectivity index (χ2n) is 4.67. The van der Waals surface area contributed by atoms with Crippen LogP contribution in [-0.2, 0) is 0 Å². The SMILES string of the molecule is Cc1cc(C)nc(C(=O)SC(C)(C)C)c1. The zero-order valence-corrected chi connectivity index (χ0v) is 10.7. The van der Waals surface area contributed by atoms with Crippen molar-refractivity contribution in [3.63, 3.8) is 0 Å². The van der Waals surface area contributed by atoms with E-state index in [1.807, 2.05) is 46.8 Å². The molecule has 0 unspecified atom stereocenters. The van der Waals surface area contributed by atoms with E-state index in [2.05, 4.69) is 4.98 Å². The third-order valence-electron chi connectivity index (χ3n) is 1.71. The zero-order valence-electron chi connectivity index (χ0n) is 9.92. The van der Waals surface area contributed by atoms with Gasteiger partial charge in [0.25, 0.3) is 0 Å². The summed E-state index contributed by atoms with van der Waals surface area (Å²) in [5.74, 6) is 0. The van der Waals surface area contributed by atoms with Gasteiger partial charge in [-0.3, -0.25) is 4.79 Å². The number of thioether (sulfide) groups is 1. The minimum absolute atomic E-state index is 0.0503. The average molecular weight is 223 g/mol. The molecule has 1 aromatic rings. The van der Waals surface area contributed by atoms with Gasteiger partial charge in [-0.25, -0.2) is 4.98 Å². The van der Waals surface area contributed by atoms with Crippen molar-refractivity contribution >= 4 is 16.9 Å². The molecule has 1 heterocycles. The predicted octanol–water partition coefficient (Wildman–Crippen LogP) is 3.37. The Morgan fingerprint density at radius 3 is 2.33 bits per heavy atom. The van der Waals surface area contributed by atoms with E-state index in [9.17, 15) is 4.79 Å². The molecule has 1 rings (SSSR count). The maximum Gasteiger partial charge on any atom is 0.238 e. The molecule has 0 aliphatic heterocycles. The fourth-order valence-corrected chi connectivity index (χ4v) is 2.04. The Morgan fingerprint density at radius 1 is 1.27 bits per heavy atom. The molecule has 0 fully saturated rings. The fraction of sp³-hybridized carbons (Fsp3) is 0.500. The number of aromatic nitrogens is 1. The standard InChI is InChI=1S/C12H17NOS/c1-8-6-9(2)13-10(7-8)11(14)15-12(3,4)5/h6-7H,1-5H3. The van der Waals surface area contributed by atoms with E-state index in [0.717, 1.165) is 11.3 Å². The number of hydrogen-bond acceptors (Lipinski definition) is 3. The van der Waals surface area contributed by atoms with Crippen LogP contribution in [0.4, 0.5) is 0 Å². The van der Waals surface area contributed by atoms with Crippen molar-refractivity contribution in [2.75, 3.05) is 0 Å². The number of pyridine rings is 1. The van der Waals surface area contributed by atoms with Crippen molar-refractivity contribution in [1.82, 2.24) is 4.98 Å². The van der Waals surface area contributed by atoms with Crippen LogP contribution < -0.4 is 0 Å². The molecule has 0 saturated carbocycles. The highest BCUT2D eigenvalue weighted by Crippen LogP contribution is 2.26. The van der Waals surface area contributed by atoms with Crippen molar-refractivity contribution < 1.29 is 4.79 Å². The van der Waals surface area contributed by atoms with Gasteiger partial charge in [0.15, 0.2) is 0 Å². The summed E-state index contributed by atoms with van der Waals surface area (Å²) in [5, 5.41) is 0.0503. The summed E-state index contributed by atoms with van der Waals surface area (Å²) in [7, 11) is 0. The molecule has 1 aromatic heterocycles. The number of nitrogens with zero attached hydrogens (tertiary/aromatic N) is 1. The highest BCUT2D eigenvalue weighted by atomic mass is 32.2. The van der Waals surface area contributed by atoms with Crippen LogP contribution >= 0.6 is 11.8 Å². The van der Waals surface area contributed by atoms with Crippen molar-refractivity contribution in [2.45, 2.75) is 39.4 Å². The minimum atomic E-state index is -0.0591. The molecule has 0 aromatic carbocycles. The molecule has 82 valence electrons. The molecule has 3 heteroatoms. The van der Waals surface area contributed by atoms with Crippen LogP contribution in [0.1, 0.15) is 42.5 Å². The highest BCUT2D eigenvalue weighted by Gasteiger charge is 2.19. The van der Waals surface area contributed by atoms with Gasteiger partial charge in [0.1, 0.15) is 5.69 Å². The molecule has 0 saturated heterocycles. The molecule has 0 N–H and O–H groups in total. The molecule has 2 nitrogen and oxygen atoms in total. The van der Waals surface area contributed by atoms with Gasteiger partial charge in [-0.05, 0) is 31.5 Å². The van der Waals surface area contributed by atoms with Gasteiger partial charge in [0.2, 0.25) is 5.12 Å². The van der Waals surface area contributed by atoms with Gasteiger partial charge in [0.05, 0.1) is 0 Å². The van der Waals surface area contributed by atoms with Crippen molar-refractivity contribution in [1.29, 1.82) is 0 Å². The number of carbonyl (C=O) groups excluding carboxylic acids is 1. The summed E-state index contributed by atoms with van der Waals surface area (Å²) in [5.41, 5.74) is 2.54. The molecule has 0 spiro atoms. The second-order valence-corrected chi connectivity index (χ2v) is 6.47. The molecular weight excluding hydrogens is 206 g/mol. The van der Waals surface area contributed by atoms with Crippen LogP contribution in [0, 0.1) is 13.8 Å². The van der Waals surface area contributed by atoms with Gasteiger partial charge < -0.3 is 0 Å². The Labute approximate surface area is 95.5 Å². The lowest BCUT2D eigenvalue weighted by Gasteiger charge is -2.15.